The Kier molecular flexibility index (Phi) is 6.58. The molecule has 7 heteroatoms. The fourth-order valence-corrected chi connectivity index (χ4v) is 4.75. The molecule has 2 aliphatic rings. The summed E-state index contributed by atoms with van der Waals surface area (Å²) in [4.78, 5) is 23.9. The van der Waals surface area contributed by atoms with Gasteiger partial charge in [-0.2, -0.15) is 0 Å². The highest BCUT2D eigenvalue weighted by Gasteiger charge is 2.30. The summed E-state index contributed by atoms with van der Waals surface area (Å²) in [5.41, 5.74) is 3.19. The second-order valence-corrected chi connectivity index (χ2v) is 8.86. The SMILES string of the molecule is O=C(C1CCN(c2ccc(-c3ccncc3)nn2)CC1)N1CCN(Cc2ccccc2)CC1. The fraction of sp³-hybridized carbons (Fsp3) is 0.385. The number of hydrogen-bond donors (Lipinski definition) is 0. The van der Waals surface area contributed by atoms with Crippen molar-refractivity contribution in [1.82, 2.24) is 25.0 Å². The van der Waals surface area contributed by atoms with Crippen LogP contribution < -0.4 is 4.90 Å². The van der Waals surface area contributed by atoms with E-state index in [1.165, 1.54) is 5.56 Å². The van der Waals surface area contributed by atoms with E-state index < -0.39 is 0 Å². The topological polar surface area (TPSA) is 65.5 Å². The van der Waals surface area contributed by atoms with Crippen molar-refractivity contribution in [3.63, 3.8) is 0 Å². The van der Waals surface area contributed by atoms with Gasteiger partial charge in [-0.15, -0.1) is 10.2 Å². The monoisotopic (exact) mass is 442 g/mol. The van der Waals surface area contributed by atoms with E-state index in [2.05, 4.69) is 60.2 Å². The van der Waals surface area contributed by atoms with E-state index >= 15 is 0 Å². The molecule has 2 fully saturated rings. The summed E-state index contributed by atoms with van der Waals surface area (Å²) < 4.78 is 0. The third-order valence-electron chi connectivity index (χ3n) is 6.73. The number of hydrogen-bond acceptors (Lipinski definition) is 6. The first-order valence-electron chi connectivity index (χ1n) is 11.8. The number of piperazine rings is 1. The molecule has 0 atom stereocenters. The predicted molar refractivity (Wildman–Crippen MR) is 128 cm³/mol. The molecular weight excluding hydrogens is 412 g/mol. The molecule has 1 aromatic carbocycles. The van der Waals surface area contributed by atoms with Gasteiger partial charge in [0.2, 0.25) is 5.91 Å². The zero-order valence-corrected chi connectivity index (χ0v) is 18.9. The summed E-state index contributed by atoms with van der Waals surface area (Å²) in [5, 5.41) is 8.83. The van der Waals surface area contributed by atoms with Crippen molar-refractivity contribution in [2.75, 3.05) is 44.2 Å². The van der Waals surface area contributed by atoms with Gasteiger partial charge >= 0.3 is 0 Å². The Bertz CT molecular complexity index is 1030. The largest absolute Gasteiger partial charge is 0.355 e. The minimum absolute atomic E-state index is 0.117. The molecule has 0 bridgehead atoms. The van der Waals surface area contributed by atoms with E-state index in [4.69, 9.17) is 0 Å². The van der Waals surface area contributed by atoms with Gasteiger partial charge in [0.15, 0.2) is 5.82 Å². The molecule has 2 aliphatic heterocycles. The van der Waals surface area contributed by atoms with Crippen molar-refractivity contribution in [2.24, 2.45) is 5.92 Å². The summed E-state index contributed by atoms with van der Waals surface area (Å²) >= 11 is 0. The molecule has 7 nitrogen and oxygen atoms in total. The molecule has 2 aromatic heterocycles. The second kappa shape index (κ2) is 10.1. The molecule has 0 aliphatic carbocycles. The number of nitrogens with zero attached hydrogens (tertiary/aromatic N) is 6. The van der Waals surface area contributed by atoms with Gasteiger partial charge < -0.3 is 9.80 Å². The van der Waals surface area contributed by atoms with Gasteiger partial charge in [-0.25, -0.2) is 0 Å². The van der Waals surface area contributed by atoms with Crippen molar-refractivity contribution < 1.29 is 4.79 Å². The van der Waals surface area contributed by atoms with Crippen LogP contribution >= 0.6 is 0 Å². The molecule has 0 unspecified atom stereocenters. The van der Waals surface area contributed by atoms with Gasteiger partial charge in [0, 0.05) is 69.7 Å². The quantitative estimate of drug-likeness (QED) is 0.605. The summed E-state index contributed by atoms with van der Waals surface area (Å²) in [6, 6.07) is 18.5. The third kappa shape index (κ3) is 5.20. The lowest BCUT2D eigenvalue weighted by molar-refractivity contribution is -0.138. The maximum atomic E-state index is 13.1. The molecule has 0 saturated carbocycles. The summed E-state index contributed by atoms with van der Waals surface area (Å²) in [5.74, 6) is 1.33. The lowest BCUT2D eigenvalue weighted by atomic mass is 9.95. The Balaban J connectivity index is 1.10. The molecule has 0 radical (unpaired) electrons. The number of carbonyl (C=O) groups excluding carboxylic acids is 1. The zero-order chi connectivity index (χ0) is 22.5. The first-order valence-corrected chi connectivity index (χ1v) is 11.8. The van der Waals surface area contributed by atoms with Gasteiger partial charge in [0.05, 0.1) is 5.69 Å². The average Bonchev–Trinajstić information content (AvgIpc) is 2.90. The Morgan fingerprint density at radius 2 is 1.55 bits per heavy atom. The maximum Gasteiger partial charge on any atom is 0.225 e. The number of benzene rings is 1. The van der Waals surface area contributed by atoms with E-state index in [0.717, 1.165) is 75.7 Å². The molecule has 0 N–H and O–H groups in total. The van der Waals surface area contributed by atoms with Crippen LogP contribution in [0.25, 0.3) is 11.3 Å². The minimum Gasteiger partial charge on any atom is -0.355 e. The number of aromatic nitrogens is 3. The molecule has 3 aromatic rings. The van der Waals surface area contributed by atoms with Gasteiger partial charge in [0.25, 0.3) is 0 Å². The molecule has 0 spiro atoms. The van der Waals surface area contributed by atoms with Gasteiger partial charge in [-0.1, -0.05) is 30.3 Å². The number of amides is 1. The lowest BCUT2D eigenvalue weighted by Crippen LogP contribution is -2.51. The van der Waals surface area contributed by atoms with Crippen LogP contribution in [-0.4, -0.2) is 70.2 Å². The van der Waals surface area contributed by atoms with E-state index in [9.17, 15) is 4.79 Å². The maximum absolute atomic E-state index is 13.1. The Morgan fingerprint density at radius 1 is 0.818 bits per heavy atom. The highest BCUT2D eigenvalue weighted by atomic mass is 16.2. The number of carbonyl (C=O) groups is 1. The van der Waals surface area contributed by atoms with Crippen LogP contribution in [0.15, 0.2) is 67.0 Å². The van der Waals surface area contributed by atoms with Crippen molar-refractivity contribution >= 4 is 11.7 Å². The average molecular weight is 443 g/mol. The second-order valence-electron chi connectivity index (χ2n) is 8.86. The predicted octanol–water partition coefficient (Wildman–Crippen LogP) is 3.10. The standard InChI is InChI=1S/C26H30N6O/c33-26(32-18-16-30(17-19-32)20-21-4-2-1-3-5-21)23-10-14-31(15-11-23)25-7-6-24(28-29-25)22-8-12-27-13-9-22/h1-9,12-13,23H,10-11,14-20H2. The minimum atomic E-state index is 0.117. The van der Waals surface area contributed by atoms with E-state index in [-0.39, 0.29) is 5.92 Å². The smallest absolute Gasteiger partial charge is 0.225 e. The first kappa shape index (κ1) is 21.5. The van der Waals surface area contributed by atoms with E-state index in [1.54, 1.807) is 12.4 Å². The van der Waals surface area contributed by atoms with Crippen molar-refractivity contribution in [3.05, 3.63) is 72.6 Å². The van der Waals surface area contributed by atoms with Gasteiger partial charge in [-0.3, -0.25) is 14.7 Å². The van der Waals surface area contributed by atoms with Gasteiger partial charge in [-0.05, 0) is 42.7 Å². The van der Waals surface area contributed by atoms with Crippen LogP contribution in [0.5, 0.6) is 0 Å². The summed E-state index contributed by atoms with van der Waals surface area (Å²) in [7, 11) is 0. The fourth-order valence-electron chi connectivity index (χ4n) is 4.75. The Labute approximate surface area is 195 Å². The number of piperidine rings is 1. The molecule has 1 amide bonds. The zero-order valence-electron chi connectivity index (χ0n) is 18.9. The highest BCUT2D eigenvalue weighted by molar-refractivity contribution is 5.79. The molecule has 33 heavy (non-hydrogen) atoms. The summed E-state index contributed by atoms with van der Waals surface area (Å²) in [6.07, 6.45) is 5.26. The summed E-state index contributed by atoms with van der Waals surface area (Å²) in [6.45, 7) is 6.18. The number of anilines is 1. The van der Waals surface area contributed by atoms with Crippen LogP contribution in [-0.2, 0) is 11.3 Å². The molecule has 2 saturated heterocycles. The van der Waals surface area contributed by atoms with Crippen molar-refractivity contribution in [2.45, 2.75) is 19.4 Å². The number of pyridine rings is 1. The van der Waals surface area contributed by atoms with E-state index in [1.807, 2.05) is 24.3 Å². The van der Waals surface area contributed by atoms with Crippen LogP contribution in [0, 0.1) is 5.92 Å². The lowest BCUT2D eigenvalue weighted by Gasteiger charge is -2.38. The molecule has 4 heterocycles. The Hall–Kier alpha value is -3.32. The molecular formula is C26H30N6O. The molecule has 5 rings (SSSR count). The number of rotatable bonds is 5. The third-order valence-corrected chi connectivity index (χ3v) is 6.73. The van der Waals surface area contributed by atoms with Crippen LogP contribution in [0.1, 0.15) is 18.4 Å². The van der Waals surface area contributed by atoms with Crippen molar-refractivity contribution in [3.8, 4) is 11.3 Å². The van der Waals surface area contributed by atoms with E-state index in [0.29, 0.717) is 5.91 Å². The Morgan fingerprint density at radius 3 is 2.21 bits per heavy atom. The highest BCUT2D eigenvalue weighted by Crippen LogP contribution is 2.25. The van der Waals surface area contributed by atoms with Crippen molar-refractivity contribution in [1.29, 1.82) is 0 Å². The first-order chi connectivity index (χ1) is 16.3. The van der Waals surface area contributed by atoms with Crippen LogP contribution in [0.4, 0.5) is 5.82 Å². The normalized spacial score (nSPS) is 17.8. The molecule has 170 valence electrons. The van der Waals surface area contributed by atoms with Gasteiger partial charge in [0.1, 0.15) is 0 Å². The van der Waals surface area contributed by atoms with Crippen LogP contribution in [0.2, 0.25) is 0 Å². The van der Waals surface area contributed by atoms with Crippen LogP contribution in [0.3, 0.4) is 0 Å².